The van der Waals surface area contributed by atoms with E-state index in [-0.39, 0.29) is 0 Å². The van der Waals surface area contributed by atoms with Crippen LogP contribution < -0.4 is 0 Å². The van der Waals surface area contributed by atoms with Gasteiger partial charge in [0.05, 0.1) is 0 Å². The molecule has 0 bridgehead atoms. The Kier molecular flexibility index (Phi) is 1.95. The molecule has 0 aliphatic heterocycles. The van der Waals surface area contributed by atoms with Gasteiger partial charge in [0.1, 0.15) is 0 Å². The molecule has 0 heterocycles. The van der Waals surface area contributed by atoms with Crippen molar-refractivity contribution in [3.05, 3.63) is 0 Å². The summed E-state index contributed by atoms with van der Waals surface area (Å²) in [6, 6.07) is 0. The van der Waals surface area contributed by atoms with Gasteiger partial charge in [-0.1, -0.05) is 39.0 Å². The Morgan fingerprint density at radius 3 is 2.27 bits per heavy atom. The fourth-order valence-corrected chi connectivity index (χ4v) is 2.29. The summed E-state index contributed by atoms with van der Waals surface area (Å²) in [5, 5.41) is 0. The van der Waals surface area contributed by atoms with Gasteiger partial charge in [0.2, 0.25) is 0 Å². The number of fused-ring (bicyclic) bond motifs is 1. The fraction of sp³-hybridized carbons (Fsp3) is 1.00. The summed E-state index contributed by atoms with van der Waals surface area (Å²) >= 11 is 0. The van der Waals surface area contributed by atoms with Crippen molar-refractivity contribution in [2.24, 2.45) is 11.3 Å². The molecule has 0 saturated heterocycles. The summed E-state index contributed by atoms with van der Waals surface area (Å²) in [6.45, 7) is 2.29. The van der Waals surface area contributed by atoms with Crippen molar-refractivity contribution in [2.75, 3.05) is 0 Å². The van der Waals surface area contributed by atoms with Crippen LogP contribution in [0.2, 0.25) is 0 Å². The lowest BCUT2D eigenvalue weighted by molar-refractivity contribution is 0.518. The zero-order chi connectivity index (χ0) is 7.73. The number of unbranched alkanes of at least 4 members (excludes halogenated alkanes) is 4. The lowest BCUT2D eigenvalue weighted by Crippen LogP contribution is -1.86. The molecule has 64 valence electrons. The molecule has 0 amide bonds. The lowest BCUT2D eigenvalue weighted by Gasteiger charge is -2.01. The zero-order valence-corrected chi connectivity index (χ0v) is 7.73. The van der Waals surface area contributed by atoms with Crippen LogP contribution in [0.15, 0.2) is 0 Å². The first-order chi connectivity index (χ1) is 5.37. The summed E-state index contributed by atoms with van der Waals surface area (Å²) in [5.41, 5.74) is 0.964. The second-order valence-corrected chi connectivity index (χ2v) is 4.63. The first-order valence-corrected chi connectivity index (χ1v) is 5.37. The van der Waals surface area contributed by atoms with E-state index in [1.807, 2.05) is 0 Å². The maximum absolute atomic E-state index is 2.29. The Morgan fingerprint density at radius 1 is 1.09 bits per heavy atom. The van der Waals surface area contributed by atoms with Crippen LogP contribution in [0, 0.1) is 11.3 Å². The van der Waals surface area contributed by atoms with Crippen molar-refractivity contribution in [1.82, 2.24) is 0 Å². The average Bonchev–Trinajstić information content (AvgIpc) is 2.75. The van der Waals surface area contributed by atoms with Crippen molar-refractivity contribution < 1.29 is 0 Å². The fourth-order valence-electron chi connectivity index (χ4n) is 2.29. The molecule has 0 radical (unpaired) electrons. The van der Waals surface area contributed by atoms with E-state index < -0.39 is 0 Å². The van der Waals surface area contributed by atoms with Crippen molar-refractivity contribution in [1.29, 1.82) is 0 Å². The Morgan fingerprint density at radius 2 is 1.73 bits per heavy atom. The molecule has 0 atom stereocenters. The van der Waals surface area contributed by atoms with Gasteiger partial charge in [0.15, 0.2) is 0 Å². The zero-order valence-electron chi connectivity index (χ0n) is 7.73. The van der Waals surface area contributed by atoms with E-state index in [1.54, 1.807) is 19.3 Å². The van der Waals surface area contributed by atoms with Gasteiger partial charge in [-0.2, -0.15) is 0 Å². The van der Waals surface area contributed by atoms with Crippen LogP contribution in [0.1, 0.15) is 58.3 Å². The van der Waals surface area contributed by atoms with E-state index in [1.165, 1.54) is 38.0 Å². The maximum atomic E-state index is 2.29. The van der Waals surface area contributed by atoms with Gasteiger partial charge >= 0.3 is 0 Å². The Bertz CT molecular complexity index is 131. The maximum Gasteiger partial charge on any atom is -0.0263 e. The predicted octanol–water partition coefficient (Wildman–Crippen LogP) is 3.76. The molecule has 2 aliphatic rings. The van der Waals surface area contributed by atoms with Crippen molar-refractivity contribution in [3.63, 3.8) is 0 Å². The highest BCUT2D eigenvalue weighted by Crippen LogP contribution is 2.77. The molecule has 0 N–H and O–H groups in total. The number of hydrogen-bond donors (Lipinski definition) is 0. The second kappa shape index (κ2) is 2.80. The van der Waals surface area contributed by atoms with Crippen LogP contribution in [0.5, 0.6) is 0 Å². The van der Waals surface area contributed by atoms with Crippen LogP contribution in [0.3, 0.4) is 0 Å². The summed E-state index contributed by atoms with van der Waals surface area (Å²) in [4.78, 5) is 0. The highest BCUT2D eigenvalue weighted by Gasteiger charge is 2.68. The van der Waals surface area contributed by atoms with Gasteiger partial charge in [-0.05, 0) is 30.6 Å². The molecule has 0 nitrogen and oxygen atoms in total. The summed E-state index contributed by atoms with van der Waals surface area (Å²) in [5.74, 6) is 1.22. The summed E-state index contributed by atoms with van der Waals surface area (Å²) in [6.07, 6.45) is 12.1. The van der Waals surface area contributed by atoms with E-state index in [9.17, 15) is 0 Å². The monoisotopic (exact) mass is 152 g/mol. The first kappa shape index (κ1) is 7.64. The molecular formula is C11H20. The van der Waals surface area contributed by atoms with E-state index in [0.717, 1.165) is 5.41 Å². The smallest absolute Gasteiger partial charge is 0.0263 e. The summed E-state index contributed by atoms with van der Waals surface area (Å²) < 4.78 is 0. The molecule has 0 heteroatoms. The SMILES string of the molecule is CCCCCCCC12CC1C2. The quantitative estimate of drug-likeness (QED) is 0.508. The molecule has 0 aromatic rings. The predicted molar refractivity (Wildman–Crippen MR) is 48.5 cm³/mol. The van der Waals surface area contributed by atoms with Crippen molar-refractivity contribution >= 4 is 0 Å². The van der Waals surface area contributed by atoms with Gasteiger partial charge in [0, 0.05) is 0 Å². The molecule has 2 saturated carbocycles. The molecule has 0 aromatic heterocycles. The Hall–Kier alpha value is 0. The van der Waals surface area contributed by atoms with Gasteiger partial charge in [-0.25, -0.2) is 0 Å². The molecule has 11 heavy (non-hydrogen) atoms. The van der Waals surface area contributed by atoms with Crippen molar-refractivity contribution in [2.45, 2.75) is 58.3 Å². The van der Waals surface area contributed by atoms with Crippen LogP contribution in [-0.4, -0.2) is 0 Å². The first-order valence-electron chi connectivity index (χ1n) is 5.37. The minimum Gasteiger partial charge on any atom is -0.0654 e. The molecule has 0 spiro atoms. The van der Waals surface area contributed by atoms with E-state index in [2.05, 4.69) is 6.92 Å². The second-order valence-electron chi connectivity index (χ2n) is 4.63. The van der Waals surface area contributed by atoms with Crippen LogP contribution in [0.4, 0.5) is 0 Å². The summed E-state index contributed by atoms with van der Waals surface area (Å²) in [7, 11) is 0. The number of hydrogen-bond acceptors (Lipinski definition) is 0. The minimum atomic E-state index is 0.964. The third-order valence-corrected chi connectivity index (χ3v) is 3.63. The third kappa shape index (κ3) is 1.60. The molecule has 0 aromatic carbocycles. The van der Waals surface area contributed by atoms with E-state index in [4.69, 9.17) is 0 Å². The molecular weight excluding hydrogens is 132 g/mol. The molecule has 2 fully saturated rings. The lowest BCUT2D eigenvalue weighted by atomic mass is 10.0. The van der Waals surface area contributed by atoms with E-state index >= 15 is 0 Å². The normalized spacial score (nSPS) is 38.5. The minimum absolute atomic E-state index is 0.964. The molecule has 0 unspecified atom stereocenters. The largest absolute Gasteiger partial charge is 0.0654 e. The van der Waals surface area contributed by atoms with Crippen LogP contribution in [0.25, 0.3) is 0 Å². The Labute approximate surface area is 70.4 Å². The topological polar surface area (TPSA) is 0 Å². The molecule has 2 rings (SSSR count). The van der Waals surface area contributed by atoms with Crippen LogP contribution >= 0.6 is 0 Å². The third-order valence-electron chi connectivity index (χ3n) is 3.63. The van der Waals surface area contributed by atoms with E-state index in [0.29, 0.717) is 0 Å². The highest BCUT2D eigenvalue weighted by molar-refractivity contribution is 5.17. The Balaban J connectivity index is 1.42. The van der Waals surface area contributed by atoms with Gasteiger partial charge in [-0.15, -0.1) is 0 Å². The molecule has 2 aliphatic carbocycles. The standard InChI is InChI=1S/C11H20/c1-2-3-4-5-6-7-11-8-10(11)9-11/h10H,2-9H2,1H3. The van der Waals surface area contributed by atoms with Gasteiger partial charge in [-0.3, -0.25) is 0 Å². The van der Waals surface area contributed by atoms with Gasteiger partial charge < -0.3 is 0 Å². The van der Waals surface area contributed by atoms with Crippen LogP contribution in [-0.2, 0) is 0 Å². The van der Waals surface area contributed by atoms with Gasteiger partial charge in [0.25, 0.3) is 0 Å². The van der Waals surface area contributed by atoms with Crippen molar-refractivity contribution in [3.8, 4) is 0 Å². The average molecular weight is 152 g/mol. The highest BCUT2D eigenvalue weighted by atomic mass is 14.7. The number of rotatable bonds is 6.